The lowest BCUT2D eigenvalue weighted by Gasteiger charge is -2.31. The van der Waals surface area contributed by atoms with Gasteiger partial charge in [0.1, 0.15) is 0 Å². The molecule has 0 aliphatic heterocycles. The van der Waals surface area contributed by atoms with Gasteiger partial charge in [0.15, 0.2) is 0 Å². The molecule has 0 amide bonds. The predicted octanol–water partition coefficient (Wildman–Crippen LogP) is 1.84. The molecule has 0 heterocycles. The summed E-state index contributed by atoms with van der Waals surface area (Å²) in [5.41, 5.74) is 11.7. The second-order valence-electron chi connectivity index (χ2n) is 4.75. The van der Waals surface area contributed by atoms with Gasteiger partial charge in [-0.2, -0.15) is 0 Å². The first-order valence-electron chi connectivity index (χ1n) is 5.37. The van der Waals surface area contributed by atoms with Crippen molar-refractivity contribution in [3.05, 3.63) is 0 Å². The normalized spacial score (nSPS) is 21.2. The lowest BCUT2D eigenvalue weighted by molar-refractivity contribution is 0.221. The molecule has 0 bridgehead atoms. The van der Waals surface area contributed by atoms with Gasteiger partial charge in [-0.15, -0.1) is 0 Å². The van der Waals surface area contributed by atoms with Crippen LogP contribution in [0.2, 0.25) is 0 Å². The molecule has 4 unspecified atom stereocenters. The van der Waals surface area contributed by atoms with Crippen molar-refractivity contribution < 1.29 is 0 Å². The Bertz CT molecular complexity index is 134. The summed E-state index contributed by atoms with van der Waals surface area (Å²) < 4.78 is 0. The van der Waals surface area contributed by atoms with Crippen LogP contribution in [0.25, 0.3) is 0 Å². The van der Waals surface area contributed by atoms with Gasteiger partial charge in [0.2, 0.25) is 0 Å². The lowest BCUT2D eigenvalue weighted by atomic mass is 9.78. The van der Waals surface area contributed by atoms with Crippen LogP contribution < -0.4 is 11.5 Å². The van der Waals surface area contributed by atoms with E-state index in [2.05, 4.69) is 34.6 Å². The summed E-state index contributed by atoms with van der Waals surface area (Å²) in [5.74, 6) is 2.35. The fourth-order valence-electron chi connectivity index (χ4n) is 1.63. The molecule has 0 aliphatic rings. The molecule has 0 rings (SSSR count). The van der Waals surface area contributed by atoms with Crippen LogP contribution in [-0.2, 0) is 0 Å². The molecule has 2 heteroatoms. The van der Waals surface area contributed by atoms with Gasteiger partial charge < -0.3 is 11.5 Å². The van der Waals surface area contributed by atoms with Crippen LogP contribution in [0.5, 0.6) is 0 Å². The monoisotopic (exact) mass is 186 g/mol. The van der Waals surface area contributed by atoms with Crippen LogP contribution >= 0.6 is 0 Å². The van der Waals surface area contributed by atoms with Crippen molar-refractivity contribution >= 4 is 0 Å². The second-order valence-corrected chi connectivity index (χ2v) is 4.75. The molecule has 13 heavy (non-hydrogen) atoms. The highest BCUT2D eigenvalue weighted by Crippen LogP contribution is 2.24. The minimum Gasteiger partial charge on any atom is -0.330 e. The topological polar surface area (TPSA) is 52.0 Å². The maximum atomic E-state index is 6.13. The first-order valence-corrected chi connectivity index (χ1v) is 5.37. The lowest BCUT2D eigenvalue weighted by Crippen LogP contribution is -2.41. The third kappa shape index (κ3) is 3.65. The molecule has 4 atom stereocenters. The summed E-state index contributed by atoms with van der Waals surface area (Å²) in [6.07, 6.45) is 0. The molecule has 0 spiro atoms. The Hall–Kier alpha value is -0.0800. The molecule has 80 valence electrons. The minimum absolute atomic E-state index is 0.238. The van der Waals surface area contributed by atoms with Crippen LogP contribution in [0.4, 0.5) is 0 Å². The summed E-state index contributed by atoms with van der Waals surface area (Å²) in [4.78, 5) is 0. The fourth-order valence-corrected chi connectivity index (χ4v) is 1.63. The molecule has 0 saturated heterocycles. The molecule has 0 saturated carbocycles. The van der Waals surface area contributed by atoms with Crippen LogP contribution in [0, 0.1) is 23.7 Å². The van der Waals surface area contributed by atoms with Gasteiger partial charge in [0.05, 0.1) is 0 Å². The van der Waals surface area contributed by atoms with Gasteiger partial charge in [-0.25, -0.2) is 0 Å². The van der Waals surface area contributed by atoms with E-state index in [9.17, 15) is 0 Å². The van der Waals surface area contributed by atoms with Gasteiger partial charge >= 0.3 is 0 Å². The van der Waals surface area contributed by atoms with Crippen molar-refractivity contribution in [1.82, 2.24) is 0 Å². The smallest absolute Gasteiger partial charge is 0.0105 e. The SMILES string of the molecule is CC(C)C(C)C(C)C(N)C(C)CN. The predicted molar refractivity (Wildman–Crippen MR) is 59.4 cm³/mol. The van der Waals surface area contributed by atoms with E-state index >= 15 is 0 Å². The first-order chi connectivity index (χ1) is 5.91. The Morgan fingerprint density at radius 1 is 0.923 bits per heavy atom. The number of nitrogens with two attached hydrogens (primary N) is 2. The molecule has 0 aromatic carbocycles. The Morgan fingerprint density at radius 3 is 1.69 bits per heavy atom. The molecule has 2 nitrogen and oxygen atoms in total. The van der Waals surface area contributed by atoms with Crippen LogP contribution in [0.3, 0.4) is 0 Å². The highest BCUT2D eigenvalue weighted by molar-refractivity contribution is 4.80. The highest BCUT2D eigenvalue weighted by Gasteiger charge is 2.25. The number of hydrogen-bond donors (Lipinski definition) is 2. The van der Waals surface area contributed by atoms with E-state index in [0.29, 0.717) is 30.2 Å². The fraction of sp³-hybridized carbons (Fsp3) is 1.00. The van der Waals surface area contributed by atoms with Gasteiger partial charge in [-0.3, -0.25) is 0 Å². The maximum Gasteiger partial charge on any atom is 0.0105 e. The average molecular weight is 186 g/mol. The van der Waals surface area contributed by atoms with Crippen molar-refractivity contribution in [2.45, 2.75) is 40.7 Å². The molecule has 0 aromatic rings. The van der Waals surface area contributed by atoms with Gasteiger partial charge in [-0.05, 0) is 30.2 Å². The molecule has 4 N–H and O–H groups in total. The zero-order valence-corrected chi connectivity index (χ0v) is 9.75. The van der Waals surface area contributed by atoms with E-state index < -0.39 is 0 Å². The zero-order valence-electron chi connectivity index (χ0n) is 9.75. The van der Waals surface area contributed by atoms with Gasteiger partial charge in [0.25, 0.3) is 0 Å². The Morgan fingerprint density at radius 2 is 1.38 bits per heavy atom. The van der Waals surface area contributed by atoms with Crippen LogP contribution in [0.1, 0.15) is 34.6 Å². The highest BCUT2D eigenvalue weighted by atomic mass is 14.7. The Balaban J connectivity index is 4.15. The van der Waals surface area contributed by atoms with E-state index in [1.807, 2.05) is 0 Å². The van der Waals surface area contributed by atoms with Crippen LogP contribution in [0.15, 0.2) is 0 Å². The van der Waals surface area contributed by atoms with Crippen molar-refractivity contribution in [3.8, 4) is 0 Å². The van der Waals surface area contributed by atoms with Crippen molar-refractivity contribution in [1.29, 1.82) is 0 Å². The van der Waals surface area contributed by atoms with E-state index in [-0.39, 0.29) is 6.04 Å². The number of rotatable bonds is 5. The summed E-state index contributed by atoms with van der Waals surface area (Å²) in [5, 5.41) is 0. The Kier molecular flexibility index (Phi) is 5.57. The van der Waals surface area contributed by atoms with Crippen molar-refractivity contribution in [2.75, 3.05) is 6.54 Å². The molecule has 0 aliphatic carbocycles. The molecule has 0 fully saturated rings. The van der Waals surface area contributed by atoms with E-state index in [1.54, 1.807) is 0 Å². The first kappa shape index (κ1) is 12.9. The van der Waals surface area contributed by atoms with E-state index in [1.165, 1.54) is 0 Å². The standard InChI is InChI=1S/C11H26N2/c1-7(2)9(4)10(5)11(13)8(3)6-12/h7-11H,6,12-13H2,1-5H3. The van der Waals surface area contributed by atoms with Crippen molar-refractivity contribution in [2.24, 2.45) is 35.1 Å². The summed E-state index contributed by atoms with van der Waals surface area (Å²) >= 11 is 0. The average Bonchev–Trinajstić information content (AvgIpc) is 2.12. The Labute approximate surface area is 83.1 Å². The number of hydrogen-bond acceptors (Lipinski definition) is 2. The van der Waals surface area contributed by atoms with E-state index in [0.717, 1.165) is 0 Å². The van der Waals surface area contributed by atoms with Gasteiger partial charge in [-0.1, -0.05) is 34.6 Å². The summed E-state index contributed by atoms with van der Waals surface area (Å²) in [6.45, 7) is 11.8. The summed E-state index contributed by atoms with van der Waals surface area (Å²) in [7, 11) is 0. The minimum atomic E-state index is 0.238. The molecule has 0 aromatic heterocycles. The van der Waals surface area contributed by atoms with Crippen LogP contribution in [-0.4, -0.2) is 12.6 Å². The summed E-state index contributed by atoms with van der Waals surface area (Å²) in [6, 6.07) is 0.238. The molecular weight excluding hydrogens is 160 g/mol. The second kappa shape index (κ2) is 5.61. The molecule has 0 radical (unpaired) electrons. The zero-order chi connectivity index (χ0) is 10.6. The molecular formula is C11H26N2. The maximum absolute atomic E-state index is 6.13. The third-order valence-electron chi connectivity index (χ3n) is 3.52. The third-order valence-corrected chi connectivity index (χ3v) is 3.52. The largest absolute Gasteiger partial charge is 0.330 e. The quantitative estimate of drug-likeness (QED) is 0.688. The van der Waals surface area contributed by atoms with Gasteiger partial charge in [0, 0.05) is 6.04 Å². The van der Waals surface area contributed by atoms with Crippen molar-refractivity contribution in [3.63, 3.8) is 0 Å². The van der Waals surface area contributed by atoms with E-state index in [4.69, 9.17) is 11.5 Å².